The van der Waals surface area contributed by atoms with E-state index in [-0.39, 0.29) is 20.8 Å². The van der Waals surface area contributed by atoms with E-state index in [2.05, 4.69) is 55.1 Å². The molecule has 64 valence electrons. The van der Waals surface area contributed by atoms with Gasteiger partial charge in [-0.1, -0.05) is 0 Å². The van der Waals surface area contributed by atoms with Crippen LogP contribution < -0.4 is 17.2 Å². The fourth-order valence-electron chi connectivity index (χ4n) is 0.408. The molecule has 0 spiro atoms. The minimum atomic E-state index is 0.0827. The molecule has 0 heterocycles. The van der Waals surface area contributed by atoms with Crippen LogP contribution in [0.4, 0.5) is 0 Å². The van der Waals surface area contributed by atoms with Gasteiger partial charge in [0, 0.05) is 0 Å². The van der Waals surface area contributed by atoms with Crippen LogP contribution in [0.25, 0.3) is 0 Å². The van der Waals surface area contributed by atoms with Gasteiger partial charge in [-0.3, -0.25) is 0 Å². The molecular weight excluding hydrogens is 471 g/mol. The third kappa shape index (κ3) is 5.72. The van der Waals surface area contributed by atoms with Crippen LogP contribution >= 0.6 is 41.2 Å². The van der Waals surface area contributed by atoms with Gasteiger partial charge in [0.2, 0.25) is 0 Å². The molecule has 10 heavy (non-hydrogen) atoms. The van der Waals surface area contributed by atoms with E-state index in [9.17, 15) is 0 Å². The van der Waals surface area contributed by atoms with E-state index in [0.29, 0.717) is 0 Å². The van der Waals surface area contributed by atoms with E-state index in [1.54, 1.807) is 0 Å². The summed E-state index contributed by atoms with van der Waals surface area (Å²) >= 11 is 4.84. The van der Waals surface area contributed by atoms with Gasteiger partial charge < -0.3 is 0 Å². The van der Waals surface area contributed by atoms with Crippen molar-refractivity contribution in [3.05, 3.63) is 0 Å². The number of alkyl halides is 2. The summed E-state index contributed by atoms with van der Waals surface area (Å²) in [5.41, 5.74) is 0. The summed E-state index contributed by atoms with van der Waals surface area (Å²) in [5.74, 6) is 0. The Balaban J connectivity index is 3.64. The SMILES string of the molecule is CN(CI)OC(C)(C)[I-]I. The topological polar surface area (TPSA) is 12.5 Å². The molecule has 2 nitrogen and oxygen atoms in total. The standard InChI is InChI=1S/C5H11I3NO/c1-5(2,8-7)10-9(3)4-6/h4H2,1-3H3/q-1. The summed E-state index contributed by atoms with van der Waals surface area (Å²) in [6, 6.07) is 0. The molecule has 0 aliphatic rings. The van der Waals surface area contributed by atoms with E-state index in [4.69, 9.17) is 4.84 Å². The number of hydrogen-bond donors (Lipinski definition) is 0. The minimum absolute atomic E-state index is 0.0827. The second-order valence-electron chi connectivity index (χ2n) is 2.27. The summed E-state index contributed by atoms with van der Waals surface area (Å²) in [6.45, 7) is 4.27. The Kier molecular flexibility index (Phi) is 6.91. The molecule has 0 aliphatic heterocycles. The van der Waals surface area contributed by atoms with Crippen LogP contribution in [0.5, 0.6) is 0 Å². The van der Waals surface area contributed by atoms with Crippen molar-refractivity contribution in [2.24, 2.45) is 0 Å². The van der Waals surface area contributed by atoms with Gasteiger partial charge in [-0.2, -0.15) is 0 Å². The molecule has 0 radical (unpaired) electrons. The molecular formula is C5H11I3NO-. The molecule has 5 heteroatoms. The molecule has 0 amide bonds. The Hall–Kier alpha value is 2.11. The van der Waals surface area contributed by atoms with Crippen molar-refractivity contribution < 1.29 is 22.1 Å². The van der Waals surface area contributed by atoms with Crippen LogP contribution in [0.3, 0.4) is 0 Å². The van der Waals surface area contributed by atoms with Crippen LogP contribution in [0, 0.1) is 0 Å². The molecule has 0 saturated carbocycles. The zero-order valence-corrected chi connectivity index (χ0v) is 12.7. The number of nitrogens with zero attached hydrogens (tertiary/aromatic N) is 1. The van der Waals surface area contributed by atoms with Gasteiger partial charge in [0.1, 0.15) is 0 Å². The summed E-state index contributed by atoms with van der Waals surface area (Å²) in [6.07, 6.45) is 0. The monoisotopic (exact) mass is 482 g/mol. The van der Waals surface area contributed by atoms with Gasteiger partial charge in [0.25, 0.3) is 0 Å². The van der Waals surface area contributed by atoms with Crippen LogP contribution in [0.2, 0.25) is 0 Å². The molecule has 0 N–H and O–H groups in total. The first-order valence-corrected chi connectivity index (χ1v) is 11.6. The maximum absolute atomic E-state index is 5.60. The predicted molar refractivity (Wildman–Crippen MR) is 55.8 cm³/mol. The van der Waals surface area contributed by atoms with E-state index in [0.717, 1.165) is 4.55 Å². The van der Waals surface area contributed by atoms with Crippen molar-refractivity contribution >= 4 is 41.2 Å². The Morgan fingerprint density at radius 1 is 1.60 bits per heavy atom. The zero-order valence-electron chi connectivity index (χ0n) is 6.20. The molecule has 0 fully saturated rings. The van der Waals surface area contributed by atoms with Crippen LogP contribution in [0.15, 0.2) is 0 Å². The van der Waals surface area contributed by atoms with Crippen LogP contribution in [-0.2, 0) is 4.84 Å². The summed E-state index contributed by atoms with van der Waals surface area (Å²) in [4.78, 5) is 5.60. The first kappa shape index (κ1) is 12.1. The Bertz CT molecular complexity index is 98.9. The van der Waals surface area contributed by atoms with Crippen molar-refractivity contribution in [1.29, 1.82) is 0 Å². The molecule has 0 bridgehead atoms. The number of halogens is 3. The molecule has 0 saturated heterocycles. The van der Waals surface area contributed by atoms with Gasteiger partial charge in [0.15, 0.2) is 0 Å². The molecule has 0 rings (SSSR count). The van der Waals surface area contributed by atoms with E-state index < -0.39 is 0 Å². The van der Waals surface area contributed by atoms with Crippen molar-refractivity contribution in [3.63, 3.8) is 0 Å². The molecule has 0 aromatic rings. The van der Waals surface area contributed by atoms with Gasteiger partial charge in [0.05, 0.1) is 0 Å². The first-order valence-electron chi connectivity index (χ1n) is 2.75. The van der Waals surface area contributed by atoms with Gasteiger partial charge in [-0.15, -0.1) is 0 Å². The van der Waals surface area contributed by atoms with Crippen LogP contribution in [-0.4, -0.2) is 20.3 Å². The van der Waals surface area contributed by atoms with E-state index >= 15 is 0 Å². The second-order valence-corrected chi connectivity index (χ2v) is 8.70. The third-order valence-electron chi connectivity index (χ3n) is 0.713. The summed E-state index contributed by atoms with van der Waals surface area (Å²) in [5, 5.41) is 1.87. The van der Waals surface area contributed by atoms with Gasteiger partial charge >= 0.3 is 97.4 Å². The van der Waals surface area contributed by atoms with Crippen molar-refractivity contribution in [1.82, 2.24) is 5.06 Å². The first-order chi connectivity index (χ1) is 4.52. The van der Waals surface area contributed by atoms with E-state index in [1.807, 2.05) is 12.1 Å². The Morgan fingerprint density at radius 2 is 2.10 bits per heavy atom. The maximum atomic E-state index is 5.60. The number of hydrogen-bond acceptors (Lipinski definition) is 2. The average Bonchev–Trinajstić information content (AvgIpc) is 1.87. The fraction of sp³-hybridized carbons (Fsp3) is 1.00. The number of rotatable bonds is 4. The molecule has 0 aromatic carbocycles. The predicted octanol–water partition coefficient (Wildman–Crippen LogP) is -0.583. The Labute approximate surface area is 96.0 Å². The van der Waals surface area contributed by atoms with Gasteiger partial charge in [-0.25, -0.2) is 0 Å². The number of hydroxylamine groups is 2. The quantitative estimate of drug-likeness (QED) is 0.231. The van der Waals surface area contributed by atoms with Crippen LogP contribution in [0.1, 0.15) is 13.8 Å². The summed E-state index contributed by atoms with van der Waals surface area (Å²) < 4.78 is 1.00. The van der Waals surface area contributed by atoms with E-state index in [1.165, 1.54) is 0 Å². The molecule has 0 unspecified atom stereocenters. The normalized spacial score (nSPS) is 13.0. The fourth-order valence-corrected chi connectivity index (χ4v) is 1.46. The Morgan fingerprint density at radius 3 is 2.40 bits per heavy atom. The second kappa shape index (κ2) is 5.70. The third-order valence-corrected chi connectivity index (χ3v) is 9.44. The summed E-state index contributed by atoms with van der Waals surface area (Å²) in [7, 11) is 1.96. The van der Waals surface area contributed by atoms with Crippen molar-refractivity contribution in [2.75, 3.05) is 11.6 Å². The molecule has 0 aromatic heterocycles. The van der Waals surface area contributed by atoms with Crippen molar-refractivity contribution in [2.45, 2.75) is 17.5 Å². The molecule has 0 atom stereocenters. The van der Waals surface area contributed by atoms with Gasteiger partial charge in [-0.05, 0) is 0 Å². The zero-order chi connectivity index (χ0) is 8.20. The molecule has 0 aliphatic carbocycles. The average molecular weight is 482 g/mol. The van der Waals surface area contributed by atoms with Crippen molar-refractivity contribution in [3.8, 4) is 0 Å².